The van der Waals surface area contributed by atoms with Gasteiger partial charge in [-0.25, -0.2) is 14.3 Å². The minimum absolute atomic E-state index is 0.103. The van der Waals surface area contributed by atoms with Gasteiger partial charge in [0.25, 0.3) is 0 Å². The predicted octanol–water partition coefficient (Wildman–Crippen LogP) is 6.29. The number of fused-ring (bicyclic) bond motifs is 1. The molecule has 3 heterocycles. The molecule has 212 valence electrons. The van der Waals surface area contributed by atoms with E-state index in [0.717, 1.165) is 18.4 Å². The normalized spacial score (nSPS) is 15.4. The lowest BCUT2D eigenvalue weighted by atomic mass is 10.1. The number of phenolic OH excluding ortho intramolecular Hbond substituents is 1. The van der Waals surface area contributed by atoms with E-state index in [-0.39, 0.29) is 38.5 Å². The monoisotopic (exact) mass is 611 g/mol. The molecule has 1 aliphatic heterocycles. The summed E-state index contributed by atoms with van der Waals surface area (Å²) in [6, 6.07) is 12.0. The van der Waals surface area contributed by atoms with Crippen LogP contribution in [0.4, 0.5) is 5.82 Å². The van der Waals surface area contributed by atoms with Crippen LogP contribution < -0.4 is 10.6 Å². The number of piperazine rings is 1. The average Bonchev–Trinajstić information content (AvgIpc) is 2.95. The number of halogens is 3. The summed E-state index contributed by atoms with van der Waals surface area (Å²) in [5, 5.41) is 11.4. The highest BCUT2D eigenvalue weighted by Crippen LogP contribution is 2.41. The molecular weight excluding hydrogens is 585 g/mol. The number of hydrogen-bond donors (Lipinski definition) is 1. The molecule has 1 N–H and O–H groups in total. The zero-order valence-electron chi connectivity index (χ0n) is 22.6. The third-order valence-electron chi connectivity index (χ3n) is 7.21. The summed E-state index contributed by atoms with van der Waals surface area (Å²) in [5.74, 6) is 0.177. The summed E-state index contributed by atoms with van der Waals surface area (Å²) < 4.78 is 1.49. The average molecular weight is 613 g/mol. The van der Waals surface area contributed by atoms with Crippen molar-refractivity contribution in [2.24, 2.45) is 0 Å². The molecule has 0 radical (unpaired) electrons. The Morgan fingerprint density at radius 1 is 1.12 bits per heavy atom. The quantitative estimate of drug-likeness (QED) is 0.258. The lowest BCUT2D eigenvalue weighted by Gasteiger charge is -2.40. The van der Waals surface area contributed by atoms with Crippen molar-refractivity contribution in [2.75, 3.05) is 24.5 Å². The third-order valence-corrected chi connectivity index (χ3v) is 8.30. The lowest BCUT2D eigenvalue weighted by molar-refractivity contribution is -0.126. The topological polar surface area (TPSA) is 91.6 Å². The van der Waals surface area contributed by atoms with E-state index < -0.39 is 5.69 Å². The first-order valence-electron chi connectivity index (χ1n) is 13.2. The van der Waals surface area contributed by atoms with Crippen LogP contribution in [0.15, 0.2) is 59.9 Å². The number of anilines is 1. The number of carbonyl (C=O) groups is 1. The summed E-state index contributed by atoms with van der Waals surface area (Å²) in [4.78, 5) is 39.3. The number of aromatic hydroxyl groups is 1. The van der Waals surface area contributed by atoms with Crippen molar-refractivity contribution in [3.05, 3.63) is 86.2 Å². The van der Waals surface area contributed by atoms with Crippen LogP contribution in [0, 0.1) is 0 Å². The Hall–Kier alpha value is -3.59. The van der Waals surface area contributed by atoms with Gasteiger partial charge in [0, 0.05) is 37.3 Å². The summed E-state index contributed by atoms with van der Waals surface area (Å²) in [5.41, 5.74) is 2.04. The maximum atomic E-state index is 13.9. The van der Waals surface area contributed by atoms with E-state index in [1.54, 1.807) is 11.0 Å². The van der Waals surface area contributed by atoms with Gasteiger partial charge in [0.05, 0.1) is 31.8 Å². The molecule has 8 nitrogen and oxygen atoms in total. The maximum Gasteiger partial charge on any atom is 0.355 e. The summed E-state index contributed by atoms with van der Waals surface area (Å²) in [6.07, 6.45) is 2.92. The molecule has 4 aromatic rings. The van der Waals surface area contributed by atoms with Crippen LogP contribution in [0.3, 0.4) is 0 Å². The van der Waals surface area contributed by atoms with Crippen LogP contribution in [0.2, 0.25) is 15.1 Å². The fraction of sp³-hybridized carbons (Fsp3) is 0.267. The van der Waals surface area contributed by atoms with E-state index in [4.69, 9.17) is 39.8 Å². The fourth-order valence-corrected chi connectivity index (χ4v) is 5.95. The minimum atomic E-state index is -0.506. The molecule has 5 rings (SSSR count). The summed E-state index contributed by atoms with van der Waals surface area (Å²) in [6.45, 7) is 8.96. The van der Waals surface area contributed by atoms with Crippen LogP contribution >= 0.6 is 34.8 Å². The number of benzene rings is 2. The molecule has 1 saturated heterocycles. The van der Waals surface area contributed by atoms with E-state index in [9.17, 15) is 14.7 Å². The molecule has 0 unspecified atom stereocenters. The van der Waals surface area contributed by atoms with Gasteiger partial charge in [-0.1, -0.05) is 72.9 Å². The van der Waals surface area contributed by atoms with Gasteiger partial charge in [-0.05, 0) is 43.2 Å². The highest BCUT2D eigenvalue weighted by Gasteiger charge is 2.30. The van der Waals surface area contributed by atoms with E-state index in [2.05, 4.69) is 18.5 Å². The number of rotatable bonds is 6. The lowest BCUT2D eigenvalue weighted by Crippen LogP contribution is -2.54. The summed E-state index contributed by atoms with van der Waals surface area (Å²) in [7, 11) is 0. The first-order chi connectivity index (χ1) is 19.6. The second-order valence-electron chi connectivity index (χ2n) is 9.94. The number of aryl methyl sites for hydroxylation is 1. The van der Waals surface area contributed by atoms with Gasteiger partial charge in [-0.3, -0.25) is 4.79 Å². The Bertz CT molecular complexity index is 1740. The zero-order valence-corrected chi connectivity index (χ0v) is 24.8. The molecule has 1 fully saturated rings. The van der Waals surface area contributed by atoms with Crippen LogP contribution in [-0.4, -0.2) is 56.1 Å². The molecule has 2 aromatic carbocycles. The molecule has 0 bridgehead atoms. The van der Waals surface area contributed by atoms with E-state index in [1.807, 2.05) is 36.1 Å². The highest BCUT2D eigenvalue weighted by molar-refractivity contribution is 6.44. The molecule has 0 saturated carbocycles. The second kappa shape index (κ2) is 11.7. The second-order valence-corrected chi connectivity index (χ2v) is 11.1. The van der Waals surface area contributed by atoms with Gasteiger partial charge < -0.3 is 14.9 Å². The molecule has 0 spiro atoms. The van der Waals surface area contributed by atoms with Gasteiger partial charge >= 0.3 is 5.69 Å². The number of pyridine rings is 1. The number of hydrogen-bond acceptors (Lipinski definition) is 6. The smallest absolute Gasteiger partial charge is 0.355 e. The molecule has 1 aliphatic rings. The number of para-hydroxylation sites is 1. The molecule has 1 amide bonds. The van der Waals surface area contributed by atoms with Crippen LogP contribution in [-0.2, 0) is 11.2 Å². The first kappa shape index (κ1) is 28.9. The van der Waals surface area contributed by atoms with Crippen LogP contribution in [0.5, 0.6) is 5.75 Å². The number of nitrogens with zero attached hydrogens (tertiary/aromatic N) is 5. The third kappa shape index (κ3) is 5.39. The van der Waals surface area contributed by atoms with Crippen molar-refractivity contribution >= 4 is 57.6 Å². The molecule has 0 aliphatic carbocycles. The standard InChI is InChI=1S/C30H28Cl3N5O3/c1-4-8-18-9-6-7-10-24(18)38-29-21(15-23(32)27(34-29)20-13-19(39)14-22(31)26(20)33)28(35-30(38)41)37-12-11-36(16-17(37)3)25(40)5-2/h5-7,9-10,13-15,17,39H,2,4,8,11-12,16H2,1,3H3/t17-/m0/s1. The van der Waals surface area contributed by atoms with Crippen molar-refractivity contribution in [2.45, 2.75) is 32.7 Å². The zero-order chi connectivity index (χ0) is 29.4. The summed E-state index contributed by atoms with van der Waals surface area (Å²) >= 11 is 19.6. The SMILES string of the molecule is C=CC(=O)N1CCN(c2nc(=O)n(-c3ccccc3CCC)c3nc(-c4cc(O)cc(Cl)c4Cl)c(Cl)cc23)[C@@H](C)C1. The van der Waals surface area contributed by atoms with E-state index in [0.29, 0.717) is 47.7 Å². The van der Waals surface area contributed by atoms with Gasteiger partial charge in [-0.15, -0.1) is 0 Å². The van der Waals surface area contributed by atoms with Crippen molar-refractivity contribution in [1.82, 2.24) is 19.4 Å². The molecule has 1 atom stereocenters. The van der Waals surface area contributed by atoms with Crippen LogP contribution in [0.1, 0.15) is 25.8 Å². The Morgan fingerprint density at radius 2 is 1.88 bits per heavy atom. The van der Waals surface area contributed by atoms with E-state index >= 15 is 0 Å². The van der Waals surface area contributed by atoms with Crippen molar-refractivity contribution in [3.8, 4) is 22.7 Å². The molecule has 2 aromatic heterocycles. The maximum absolute atomic E-state index is 13.9. The van der Waals surface area contributed by atoms with Crippen molar-refractivity contribution in [1.29, 1.82) is 0 Å². The molecule has 41 heavy (non-hydrogen) atoms. The van der Waals surface area contributed by atoms with Crippen LogP contribution in [0.25, 0.3) is 28.0 Å². The number of carbonyl (C=O) groups excluding carboxylic acids is 1. The van der Waals surface area contributed by atoms with Gasteiger partial charge in [0.2, 0.25) is 5.91 Å². The van der Waals surface area contributed by atoms with Gasteiger partial charge in [0.1, 0.15) is 11.6 Å². The first-order valence-corrected chi connectivity index (χ1v) is 14.4. The number of aromatic nitrogens is 3. The van der Waals surface area contributed by atoms with Gasteiger partial charge in [0.15, 0.2) is 5.65 Å². The van der Waals surface area contributed by atoms with Gasteiger partial charge in [-0.2, -0.15) is 4.98 Å². The van der Waals surface area contributed by atoms with Crippen molar-refractivity contribution < 1.29 is 9.90 Å². The van der Waals surface area contributed by atoms with Crippen molar-refractivity contribution in [3.63, 3.8) is 0 Å². The highest BCUT2D eigenvalue weighted by atomic mass is 35.5. The largest absolute Gasteiger partial charge is 0.508 e. The molecule has 11 heteroatoms. The Morgan fingerprint density at radius 3 is 2.59 bits per heavy atom. The minimum Gasteiger partial charge on any atom is -0.508 e. The van der Waals surface area contributed by atoms with E-state index in [1.165, 1.54) is 22.8 Å². The molecular formula is C30H28Cl3N5O3. The predicted molar refractivity (Wildman–Crippen MR) is 165 cm³/mol. The number of amides is 1. The number of phenols is 1. The Balaban J connectivity index is 1.79. The fourth-order valence-electron chi connectivity index (χ4n) is 5.29. The Labute approximate surface area is 252 Å². The Kier molecular flexibility index (Phi) is 8.27.